The monoisotopic (exact) mass is 462 g/mol. The number of nitrogens with zero attached hydrogens (tertiary/aromatic N) is 2. The van der Waals surface area contributed by atoms with Crippen LogP contribution in [0.3, 0.4) is 0 Å². The molecule has 2 heterocycles. The number of ketones is 1. The maximum Gasteiger partial charge on any atom is 0.387 e. The van der Waals surface area contributed by atoms with Crippen LogP contribution in [0.4, 0.5) is 13.2 Å². The van der Waals surface area contributed by atoms with Crippen LogP contribution < -0.4 is 9.47 Å². The van der Waals surface area contributed by atoms with E-state index < -0.39 is 29.9 Å². The molecule has 176 valence electrons. The van der Waals surface area contributed by atoms with Crippen molar-refractivity contribution in [2.45, 2.75) is 44.9 Å². The van der Waals surface area contributed by atoms with E-state index in [4.69, 9.17) is 4.74 Å². The first-order chi connectivity index (χ1) is 15.6. The van der Waals surface area contributed by atoms with Crippen molar-refractivity contribution in [2.75, 3.05) is 13.7 Å². The Labute approximate surface area is 188 Å². The van der Waals surface area contributed by atoms with Gasteiger partial charge in [-0.25, -0.2) is 8.91 Å². The van der Waals surface area contributed by atoms with Gasteiger partial charge in [0.2, 0.25) is 0 Å². The number of benzene rings is 1. The molecule has 9 heteroatoms. The van der Waals surface area contributed by atoms with E-state index in [0.717, 1.165) is 5.56 Å². The third kappa shape index (κ3) is 4.55. The van der Waals surface area contributed by atoms with Crippen LogP contribution >= 0.6 is 0 Å². The highest BCUT2D eigenvalue weighted by Gasteiger charge is 2.40. The summed E-state index contributed by atoms with van der Waals surface area (Å²) in [6, 6.07) is 6.60. The molecule has 0 aliphatic heterocycles. The molecule has 1 fully saturated rings. The first-order valence-electron chi connectivity index (χ1n) is 10.6. The minimum atomic E-state index is -3.15. The number of rotatable bonds is 9. The van der Waals surface area contributed by atoms with E-state index in [0.29, 0.717) is 16.6 Å². The molecular formula is C24H25F3N2O4. The highest BCUT2D eigenvalue weighted by atomic mass is 19.3. The normalized spacial score (nSPS) is 18.1. The lowest BCUT2D eigenvalue weighted by Crippen LogP contribution is -2.22. The van der Waals surface area contributed by atoms with Gasteiger partial charge in [-0.05, 0) is 35.7 Å². The Balaban J connectivity index is 1.79. The molecule has 0 spiro atoms. The number of carbonyl (C=O) groups excluding carboxylic acids is 1. The summed E-state index contributed by atoms with van der Waals surface area (Å²) in [5.41, 5.74) is 2.06. The van der Waals surface area contributed by atoms with Gasteiger partial charge in [0.05, 0.1) is 25.4 Å². The second kappa shape index (κ2) is 8.70. The average molecular weight is 462 g/mol. The number of fused-ring (bicyclic) bond motifs is 1. The molecule has 1 aromatic carbocycles. The zero-order valence-corrected chi connectivity index (χ0v) is 18.5. The maximum absolute atomic E-state index is 13.3. The van der Waals surface area contributed by atoms with Crippen LogP contribution in [-0.4, -0.2) is 47.0 Å². The van der Waals surface area contributed by atoms with Crippen LogP contribution in [0.5, 0.6) is 11.5 Å². The van der Waals surface area contributed by atoms with Gasteiger partial charge in [0, 0.05) is 29.5 Å². The number of aliphatic hydroxyl groups excluding tert-OH is 1. The molecule has 0 amide bonds. The lowest BCUT2D eigenvalue weighted by atomic mass is 9.87. The third-order valence-electron chi connectivity index (χ3n) is 6.07. The van der Waals surface area contributed by atoms with Crippen molar-refractivity contribution in [3.05, 3.63) is 47.8 Å². The molecule has 2 atom stereocenters. The van der Waals surface area contributed by atoms with E-state index in [9.17, 15) is 23.1 Å². The Kier molecular flexibility index (Phi) is 6.09. The fraction of sp³-hybridized carbons (Fsp3) is 0.417. The molecule has 0 saturated heterocycles. The zero-order valence-electron chi connectivity index (χ0n) is 18.5. The van der Waals surface area contributed by atoms with Gasteiger partial charge in [-0.1, -0.05) is 19.9 Å². The number of halogens is 3. The largest absolute Gasteiger partial charge is 0.496 e. The van der Waals surface area contributed by atoms with Crippen molar-refractivity contribution in [3.8, 4) is 22.6 Å². The van der Waals surface area contributed by atoms with Gasteiger partial charge in [0.1, 0.15) is 23.2 Å². The van der Waals surface area contributed by atoms with Crippen molar-refractivity contribution in [3.63, 3.8) is 0 Å². The van der Waals surface area contributed by atoms with Gasteiger partial charge < -0.3 is 14.6 Å². The van der Waals surface area contributed by atoms with E-state index in [2.05, 4.69) is 9.84 Å². The number of aromatic nitrogens is 2. The molecule has 1 aliphatic rings. The highest BCUT2D eigenvalue weighted by Crippen LogP contribution is 2.42. The molecular weight excluding hydrogens is 437 g/mol. The molecule has 1 N–H and O–H groups in total. The van der Waals surface area contributed by atoms with E-state index in [1.54, 1.807) is 23.0 Å². The zero-order chi connectivity index (χ0) is 23.9. The van der Waals surface area contributed by atoms with Crippen LogP contribution in [0.2, 0.25) is 0 Å². The van der Waals surface area contributed by atoms with Crippen LogP contribution in [0.15, 0.2) is 36.7 Å². The molecule has 33 heavy (non-hydrogen) atoms. The number of methoxy groups -OCH3 is 1. The first-order valence-corrected chi connectivity index (χ1v) is 10.6. The van der Waals surface area contributed by atoms with Crippen molar-refractivity contribution in [1.82, 2.24) is 9.61 Å². The summed E-state index contributed by atoms with van der Waals surface area (Å²) in [6.07, 6.45) is 2.51. The predicted octanol–water partition coefficient (Wildman–Crippen LogP) is 4.81. The van der Waals surface area contributed by atoms with Gasteiger partial charge in [0.15, 0.2) is 5.78 Å². The van der Waals surface area contributed by atoms with Crippen molar-refractivity contribution in [2.24, 2.45) is 5.92 Å². The van der Waals surface area contributed by atoms with E-state index in [1.807, 2.05) is 26.0 Å². The number of hydrogen-bond donors (Lipinski definition) is 1. The average Bonchev–Trinajstić information content (AvgIpc) is 3.30. The Morgan fingerprint density at radius 3 is 2.61 bits per heavy atom. The summed E-state index contributed by atoms with van der Waals surface area (Å²) < 4.78 is 51.3. The highest BCUT2D eigenvalue weighted by molar-refractivity contribution is 6.03. The van der Waals surface area contributed by atoms with E-state index in [1.165, 1.54) is 13.2 Å². The number of hydrogen-bond acceptors (Lipinski definition) is 5. The number of aliphatic hydroxyl groups is 1. The number of pyridine rings is 1. The minimum Gasteiger partial charge on any atom is -0.496 e. The summed E-state index contributed by atoms with van der Waals surface area (Å²) >= 11 is 0. The predicted molar refractivity (Wildman–Crippen MR) is 116 cm³/mol. The number of Topliss-reactive ketones (excluding diaryl/α,β-unsaturated/α-hetero) is 1. The summed E-state index contributed by atoms with van der Waals surface area (Å²) in [7, 11) is 1.33. The topological polar surface area (TPSA) is 73.1 Å². The molecule has 3 aromatic rings. The summed E-state index contributed by atoms with van der Waals surface area (Å²) in [5.74, 6) is -1.16. The van der Waals surface area contributed by atoms with Crippen LogP contribution in [0.1, 0.15) is 42.6 Å². The van der Waals surface area contributed by atoms with Crippen molar-refractivity contribution >= 4 is 11.3 Å². The maximum atomic E-state index is 13.3. The SMILES string of the molecule is COc1cc(-c2cnn3cc(C(C)(C)CO)ccc23)cc(OC(F)F)c1C(=O)C[C@@H]1C[C@@H]1F. The Morgan fingerprint density at radius 2 is 2.00 bits per heavy atom. The molecule has 0 unspecified atom stereocenters. The quantitative estimate of drug-likeness (QED) is 0.462. The van der Waals surface area contributed by atoms with E-state index in [-0.39, 0.29) is 36.5 Å². The lowest BCUT2D eigenvalue weighted by Gasteiger charge is -2.22. The fourth-order valence-electron chi connectivity index (χ4n) is 3.83. The standard InChI is InChI=1S/C24H25F3N2O4/c1-24(2,12-30)15-4-5-18-16(10-28-29(18)11-15)13-8-20(32-3)22(21(9-13)33-23(26)27)19(31)7-14-6-17(14)25/h4-5,8-11,14,17,23,30H,6-7,12H2,1-3H3/t14-,17-/m0/s1. The first kappa shape index (κ1) is 23.1. The van der Waals surface area contributed by atoms with Crippen molar-refractivity contribution < 1.29 is 32.5 Å². The van der Waals surface area contributed by atoms with Gasteiger partial charge in [-0.15, -0.1) is 0 Å². The Morgan fingerprint density at radius 1 is 1.30 bits per heavy atom. The molecule has 2 aromatic heterocycles. The number of carbonyl (C=O) groups is 1. The summed E-state index contributed by atoms with van der Waals surface area (Å²) in [6.45, 7) is 0.607. The van der Waals surface area contributed by atoms with Crippen LogP contribution in [0.25, 0.3) is 16.6 Å². The molecule has 0 radical (unpaired) electrons. The van der Waals surface area contributed by atoms with Crippen molar-refractivity contribution in [1.29, 1.82) is 0 Å². The van der Waals surface area contributed by atoms with Gasteiger partial charge in [0.25, 0.3) is 0 Å². The molecule has 0 bridgehead atoms. The van der Waals surface area contributed by atoms with Crippen LogP contribution in [0, 0.1) is 5.92 Å². The number of ether oxygens (including phenoxy) is 2. The summed E-state index contributed by atoms with van der Waals surface area (Å²) in [5, 5.41) is 14.0. The van der Waals surface area contributed by atoms with Gasteiger partial charge in [-0.2, -0.15) is 13.9 Å². The second-order valence-corrected chi connectivity index (χ2v) is 8.92. The molecule has 1 saturated carbocycles. The third-order valence-corrected chi connectivity index (χ3v) is 6.07. The Bertz CT molecular complexity index is 1190. The smallest absolute Gasteiger partial charge is 0.387 e. The number of alkyl halides is 3. The van der Waals surface area contributed by atoms with Crippen LogP contribution in [-0.2, 0) is 5.41 Å². The van der Waals surface area contributed by atoms with Gasteiger partial charge >= 0.3 is 6.61 Å². The van der Waals surface area contributed by atoms with Gasteiger partial charge in [-0.3, -0.25) is 4.79 Å². The minimum absolute atomic E-state index is 0.0440. The Hall–Kier alpha value is -3.07. The van der Waals surface area contributed by atoms with E-state index >= 15 is 0 Å². The fourth-order valence-corrected chi connectivity index (χ4v) is 3.83. The molecule has 4 rings (SSSR count). The summed E-state index contributed by atoms with van der Waals surface area (Å²) in [4.78, 5) is 12.8. The lowest BCUT2D eigenvalue weighted by molar-refractivity contribution is -0.0502. The molecule has 1 aliphatic carbocycles. The second-order valence-electron chi connectivity index (χ2n) is 8.92. The molecule has 6 nitrogen and oxygen atoms in total.